The molecule has 70 valence electrons. The van der Waals surface area contributed by atoms with Gasteiger partial charge in [-0.2, -0.15) is 0 Å². The summed E-state index contributed by atoms with van der Waals surface area (Å²) in [6, 6.07) is 0.148. The lowest BCUT2D eigenvalue weighted by Crippen LogP contribution is -2.23. The van der Waals surface area contributed by atoms with Crippen LogP contribution in [0.5, 0.6) is 0 Å². The lowest BCUT2D eigenvalue weighted by Gasteiger charge is -2.14. The van der Waals surface area contributed by atoms with E-state index in [2.05, 4.69) is 18.8 Å². The number of hydrogen-bond donors (Lipinski definition) is 1. The van der Waals surface area contributed by atoms with E-state index in [1.165, 1.54) is 0 Å². The third-order valence-corrected chi connectivity index (χ3v) is 1.98. The summed E-state index contributed by atoms with van der Waals surface area (Å²) in [6.07, 6.45) is 1.04. The van der Waals surface area contributed by atoms with Crippen molar-refractivity contribution in [1.82, 2.24) is 0 Å². The largest absolute Gasteiger partial charge is 0.475 e. The van der Waals surface area contributed by atoms with Gasteiger partial charge in [-0.05, 0) is 12.8 Å². The molecule has 0 saturated heterocycles. The Kier molecular flexibility index (Phi) is 3.09. The zero-order chi connectivity index (χ0) is 9.14. The van der Waals surface area contributed by atoms with Gasteiger partial charge in [0.05, 0.1) is 6.54 Å². The fourth-order valence-corrected chi connectivity index (χ4v) is 1.18. The SMILES string of the molecule is CC(N)CC1=NCC(C(C)C)O1. The van der Waals surface area contributed by atoms with E-state index in [0.29, 0.717) is 5.92 Å². The maximum Gasteiger partial charge on any atom is 0.185 e. The number of hydrogen-bond acceptors (Lipinski definition) is 3. The third-order valence-electron chi connectivity index (χ3n) is 1.98. The minimum absolute atomic E-state index is 0.148. The van der Waals surface area contributed by atoms with E-state index in [1.54, 1.807) is 0 Å². The predicted octanol–water partition coefficient (Wildman–Crippen LogP) is 1.18. The molecule has 2 atom stereocenters. The highest BCUT2D eigenvalue weighted by Gasteiger charge is 2.22. The van der Waals surface area contributed by atoms with Crippen molar-refractivity contribution < 1.29 is 4.74 Å². The smallest absolute Gasteiger partial charge is 0.185 e. The molecule has 2 N–H and O–H groups in total. The highest BCUT2D eigenvalue weighted by atomic mass is 16.5. The standard InChI is InChI=1S/C9H18N2O/c1-6(2)8-5-11-9(12-8)4-7(3)10/h6-8H,4-5,10H2,1-3H3. The Balaban J connectivity index is 2.33. The van der Waals surface area contributed by atoms with Gasteiger partial charge >= 0.3 is 0 Å². The molecule has 0 bridgehead atoms. The van der Waals surface area contributed by atoms with Crippen molar-refractivity contribution in [3.63, 3.8) is 0 Å². The molecule has 0 aromatic carbocycles. The summed E-state index contributed by atoms with van der Waals surface area (Å²) in [5.74, 6) is 1.38. The van der Waals surface area contributed by atoms with Crippen LogP contribution >= 0.6 is 0 Å². The van der Waals surface area contributed by atoms with Crippen LogP contribution in [0.3, 0.4) is 0 Å². The molecule has 3 heteroatoms. The van der Waals surface area contributed by atoms with Gasteiger partial charge in [0.15, 0.2) is 5.90 Å². The van der Waals surface area contributed by atoms with Crippen LogP contribution in [0.15, 0.2) is 4.99 Å². The maximum absolute atomic E-state index is 5.63. The first-order valence-corrected chi connectivity index (χ1v) is 4.55. The van der Waals surface area contributed by atoms with E-state index in [9.17, 15) is 0 Å². The van der Waals surface area contributed by atoms with Crippen molar-refractivity contribution in [1.29, 1.82) is 0 Å². The Morgan fingerprint density at radius 3 is 2.67 bits per heavy atom. The number of nitrogens with two attached hydrogens (primary N) is 1. The van der Waals surface area contributed by atoms with Crippen LogP contribution in [0, 0.1) is 5.92 Å². The monoisotopic (exact) mass is 170 g/mol. The molecular weight excluding hydrogens is 152 g/mol. The Labute approximate surface area is 74.0 Å². The van der Waals surface area contributed by atoms with Gasteiger partial charge < -0.3 is 10.5 Å². The molecule has 0 amide bonds. The van der Waals surface area contributed by atoms with Gasteiger partial charge in [-0.3, -0.25) is 4.99 Å². The van der Waals surface area contributed by atoms with E-state index < -0.39 is 0 Å². The van der Waals surface area contributed by atoms with E-state index in [4.69, 9.17) is 10.5 Å². The number of nitrogens with zero attached hydrogens (tertiary/aromatic N) is 1. The lowest BCUT2D eigenvalue weighted by atomic mass is 10.1. The first-order chi connectivity index (χ1) is 5.59. The molecule has 0 fully saturated rings. The minimum Gasteiger partial charge on any atom is -0.475 e. The summed E-state index contributed by atoms with van der Waals surface area (Å²) in [6.45, 7) is 7.07. The Hall–Kier alpha value is -0.570. The normalized spacial score (nSPS) is 25.4. The second-order valence-electron chi connectivity index (χ2n) is 3.82. The van der Waals surface area contributed by atoms with Crippen LogP contribution in [-0.2, 0) is 4.74 Å². The first-order valence-electron chi connectivity index (χ1n) is 4.55. The van der Waals surface area contributed by atoms with Gasteiger partial charge in [0, 0.05) is 12.5 Å². The molecule has 1 heterocycles. The van der Waals surface area contributed by atoms with Gasteiger partial charge in [0.1, 0.15) is 6.10 Å². The van der Waals surface area contributed by atoms with Crippen LogP contribution in [0.1, 0.15) is 27.2 Å². The Morgan fingerprint density at radius 1 is 1.58 bits per heavy atom. The molecule has 0 saturated carbocycles. The number of rotatable bonds is 3. The summed E-state index contributed by atoms with van der Waals surface area (Å²) in [5.41, 5.74) is 5.63. The van der Waals surface area contributed by atoms with Crippen molar-refractivity contribution in [2.24, 2.45) is 16.6 Å². The molecule has 0 aromatic heterocycles. The fourth-order valence-electron chi connectivity index (χ4n) is 1.18. The maximum atomic E-state index is 5.63. The van der Waals surface area contributed by atoms with E-state index >= 15 is 0 Å². The molecular formula is C9H18N2O. The molecule has 0 aliphatic carbocycles. The zero-order valence-corrected chi connectivity index (χ0v) is 8.08. The van der Waals surface area contributed by atoms with Crippen LogP contribution in [-0.4, -0.2) is 24.6 Å². The van der Waals surface area contributed by atoms with Gasteiger partial charge in [-0.15, -0.1) is 0 Å². The molecule has 0 spiro atoms. The predicted molar refractivity (Wildman–Crippen MR) is 50.3 cm³/mol. The second kappa shape index (κ2) is 3.90. The quantitative estimate of drug-likeness (QED) is 0.691. The topological polar surface area (TPSA) is 47.6 Å². The minimum atomic E-state index is 0.148. The molecule has 1 aliphatic heterocycles. The van der Waals surface area contributed by atoms with Crippen LogP contribution < -0.4 is 5.73 Å². The van der Waals surface area contributed by atoms with Gasteiger partial charge in [-0.25, -0.2) is 0 Å². The molecule has 12 heavy (non-hydrogen) atoms. The van der Waals surface area contributed by atoms with E-state index in [1.807, 2.05) is 6.92 Å². The molecule has 0 radical (unpaired) electrons. The summed E-state index contributed by atoms with van der Waals surface area (Å²) < 4.78 is 5.60. The fraction of sp³-hybridized carbons (Fsp3) is 0.889. The lowest BCUT2D eigenvalue weighted by molar-refractivity contribution is 0.166. The van der Waals surface area contributed by atoms with Crippen molar-refractivity contribution in [2.75, 3.05) is 6.54 Å². The summed E-state index contributed by atoms with van der Waals surface area (Å²) in [7, 11) is 0. The summed E-state index contributed by atoms with van der Waals surface area (Å²) >= 11 is 0. The molecule has 3 nitrogen and oxygen atoms in total. The average Bonchev–Trinajstić information content (AvgIpc) is 2.34. The van der Waals surface area contributed by atoms with Crippen molar-refractivity contribution >= 4 is 5.90 Å². The van der Waals surface area contributed by atoms with Crippen LogP contribution in [0.25, 0.3) is 0 Å². The average molecular weight is 170 g/mol. The van der Waals surface area contributed by atoms with Crippen molar-refractivity contribution in [3.8, 4) is 0 Å². The molecule has 1 rings (SSSR count). The molecule has 2 unspecified atom stereocenters. The van der Waals surface area contributed by atoms with Gasteiger partial charge in [0.2, 0.25) is 0 Å². The van der Waals surface area contributed by atoms with Crippen LogP contribution in [0.2, 0.25) is 0 Å². The highest BCUT2D eigenvalue weighted by Crippen LogP contribution is 2.15. The van der Waals surface area contributed by atoms with Crippen molar-refractivity contribution in [3.05, 3.63) is 0 Å². The van der Waals surface area contributed by atoms with E-state index in [0.717, 1.165) is 18.9 Å². The zero-order valence-electron chi connectivity index (χ0n) is 8.08. The van der Waals surface area contributed by atoms with Crippen LogP contribution in [0.4, 0.5) is 0 Å². The molecule has 1 aliphatic rings. The van der Waals surface area contributed by atoms with Gasteiger partial charge in [0.25, 0.3) is 0 Å². The number of ether oxygens (including phenoxy) is 1. The molecule has 0 aromatic rings. The number of aliphatic imine (C=N–C) groups is 1. The Bertz CT molecular complexity index is 175. The first kappa shape index (κ1) is 9.52. The summed E-state index contributed by atoms with van der Waals surface area (Å²) in [5, 5.41) is 0. The summed E-state index contributed by atoms with van der Waals surface area (Å²) in [4.78, 5) is 4.29. The van der Waals surface area contributed by atoms with Crippen molar-refractivity contribution in [2.45, 2.75) is 39.3 Å². The second-order valence-corrected chi connectivity index (χ2v) is 3.82. The highest BCUT2D eigenvalue weighted by molar-refractivity contribution is 5.78. The van der Waals surface area contributed by atoms with Gasteiger partial charge in [-0.1, -0.05) is 13.8 Å². The third kappa shape index (κ3) is 2.48. The Morgan fingerprint density at radius 2 is 2.25 bits per heavy atom. The van der Waals surface area contributed by atoms with E-state index in [-0.39, 0.29) is 12.1 Å².